The smallest absolute Gasteiger partial charge is 0.00199 e. The van der Waals surface area contributed by atoms with E-state index in [1.807, 2.05) is 0 Å². The summed E-state index contributed by atoms with van der Waals surface area (Å²) in [5.41, 5.74) is 1.35. The van der Waals surface area contributed by atoms with E-state index in [-0.39, 0.29) is 0 Å². The Hall–Kier alpha value is -4.68. The summed E-state index contributed by atoms with van der Waals surface area (Å²) in [6.07, 6.45) is 0. The minimum absolute atomic E-state index is 1.32. The van der Waals surface area contributed by atoms with Gasteiger partial charge in [0.25, 0.3) is 0 Å². The summed E-state index contributed by atoms with van der Waals surface area (Å²) in [4.78, 5) is 0. The maximum Gasteiger partial charge on any atom is -0.00199 e. The summed E-state index contributed by atoms with van der Waals surface area (Å²) in [6, 6.07) is 43.4. The standard InChI is InChI=1S/C37H22/c1-21-32-19-34-25-12-5-3-10-23(25)30-17-8-18-31-27-14-6-13-26(33(27)20-35(34)37(30)31)29-16-7-15-28(36(21)29)22-9-2-4-11-24(22)32/h2-20H,1H3. The van der Waals surface area contributed by atoms with E-state index in [9.17, 15) is 0 Å². The largest absolute Gasteiger partial charge is 0.0616 e. The van der Waals surface area contributed by atoms with Gasteiger partial charge in [-0.25, -0.2) is 0 Å². The van der Waals surface area contributed by atoms with Gasteiger partial charge in [-0.3, -0.25) is 0 Å². The minimum atomic E-state index is 1.32. The Morgan fingerprint density at radius 2 is 0.595 bits per heavy atom. The molecule has 0 atom stereocenters. The molecule has 0 fully saturated rings. The molecule has 9 rings (SSSR count). The highest BCUT2D eigenvalue weighted by Crippen LogP contribution is 2.45. The Bertz CT molecular complexity index is 2410. The van der Waals surface area contributed by atoms with Gasteiger partial charge >= 0.3 is 0 Å². The second-order valence-electron chi connectivity index (χ2n) is 10.5. The predicted molar refractivity (Wildman–Crippen MR) is 162 cm³/mol. The molecule has 0 heteroatoms. The first kappa shape index (κ1) is 19.5. The predicted octanol–water partition coefficient (Wildman–Crippen LogP) is 10.7. The van der Waals surface area contributed by atoms with E-state index in [4.69, 9.17) is 0 Å². The van der Waals surface area contributed by atoms with Crippen LogP contribution in [0, 0.1) is 6.92 Å². The Kier molecular flexibility index (Phi) is 3.56. The fourth-order valence-corrected chi connectivity index (χ4v) is 7.19. The fraction of sp³-hybridized carbons (Fsp3) is 0.0270. The maximum atomic E-state index is 2.48. The SMILES string of the molecule is Cc1c2cc3c4ccccc4c4cccc5c6cccc(c6cc3c54)c3cccc(c4ccccc24)c13. The molecule has 0 saturated heterocycles. The average molecular weight is 467 g/mol. The molecule has 4 bridgehead atoms. The number of hydrogen-bond donors (Lipinski definition) is 0. The zero-order chi connectivity index (χ0) is 24.2. The summed E-state index contributed by atoms with van der Waals surface area (Å²) in [7, 11) is 0. The Labute approximate surface area is 213 Å². The van der Waals surface area contributed by atoms with Gasteiger partial charge in [0.05, 0.1) is 0 Å². The Balaban J connectivity index is 1.79. The van der Waals surface area contributed by atoms with Crippen LogP contribution in [0.1, 0.15) is 5.56 Å². The molecule has 170 valence electrons. The van der Waals surface area contributed by atoms with Crippen molar-refractivity contribution in [1.29, 1.82) is 0 Å². The van der Waals surface area contributed by atoms with E-state index in [0.29, 0.717) is 0 Å². The molecule has 0 aliphatic heterocycles. The van der Waals surface area contributed by atoms with Crippen LogP contribution in [0.2, 0.25) is 0 Å². The van der Waals surface area contributed by atoms with Crippen LogP contribution < -0.4 is 0 Å². The Morgan fingerprint density at radius 1 is 0.270 bits per heavy atom. The van der Waals surface area contributed by atoms with Crippen molar-refractivity contribution in [1.82, 2.24) is 0 Å². The van der Waals surface area contributed by atoms with Crippen molar-refractivity contribution in [3.05, 3.63) is 121 Å². The first-order chi connectivity index (χ1) is 18.3. The molecule has 0 amide bonds. The topological polar surface area (TPSA) is 0 Å². The molecule has 0 unspecified atom stereocenters. The normalized spacial score (nSPS) is 12.5. The zero-order valence-corrected chi connectivity index (χ0v) is 20.5. The van der Waals surface area contributed by atoms with Gasteiger partial charge in [-0.1, -0.05) is 103 Å². The second kappa shape index (κ2) is 6.75. The van der Waals surface area contributed by atoms with Gasteiger partial charge in [0.1, 0.15) is 0 Å². The van der Waals surface area contributed by atoms with Gasteiger partial charge in [0, 0.05) is 0 Å². The van der Waals surface area contributed by atoms with Gasteiger partial charge in [-0.15, -0.1) is 0 Å². The zero-order valence-electron chi connectivity index (χ0n) is 20.5. The lowest BCUT2D eigenvalue weighted by atomic mass is 9.85. The molecule has 0 nitrogen and oxygen atoms in total. The monoisotopic (exact) mass is 466 g/mol. The molecule has 0 aliphatic carbocycles. The third kappa shape index (κ3) is 2.34. The van der Waals surface area contributed by atoms with Crippen molar-refractivity contribution in [2.45, 2.75) is 6.92 Å². The number of benzene rings is 8. The highest BCUT2D eigenvalue weighted by atomic mass is 14.2. The number of hydrogen-bond acceptors (Lipinski definition) is 0. The van der Waals surface area contributed by atoms with Crippen LogP contribution in [-0.4, -0.2) is 0 Å². The number of fused-ring (bicyclic) bond motifs is 9. The first-order valence-electron chi connectivity index (χ1n) is 13.0. The third-order valence-corrected chi connectivity index (χ3v) is 8.75. The summed E-state index contributed by atoms with van der Waals surface area (Å²) in [6.45, 7) is 2.32. The van der Waals surface area contributed by atoms with Gasteiger partial charge < -0.3 is 0 Å². The van der Waals surface area contributed by atoms with Crippen molar-refractivity contribution < 1.29 is 0 Å². The van der Waals surface area contributed by atoms with E-state index in [0.717, 1.165) is 0 Å². The summed E-state index contributed by atoms with van der Waals surface area (Å²) in [5.74, 6) is 0. The van der Waals surface area contributed by atoms with E-state index in [1.54, 1.807) is 0 Å². The quantitative estimate of drug-likeness (QED) is 0.154. The van der Waals surface area contributed by atoms with Crippen LogP contribution in [0.15, 0.2) is 115 Å². The van der Waals surface area contributed by atoms with Crippen LogP contribution >= 0.6 is 0 Å². The van der Waals surface area contributed by atoms with Gasteiger partial charge in [-0.2, -0.15) is 0 Å². The number of aryl methyl sites for hydroxylation is 1. The van der Waals surface area contributed by atoms with Crippen molar-refractivity contribution >= 4 is 86.2 Å². The molecule has 9 aromatic carbocycles. The van der Waals surface area contributed by atoms with Crippen LogP contribution in [0.5, 0.6) is 0 Å². The van der Waals surface area contributed by atoms with Crippen molar-refractivity contribution in [3.63, 3.8) is 0 Å². The van der Waals surface area contributed by atoms with Gasteiger partial charge in [0.2, 0.25) is 0 Å². The molecule has 9 aromatic rings. The highest BCUT2D eigenvalue weighted by molar-refractivity contribution is 6.37. The van der Waals surface area contributed by atoms with E-state index < -0.39 is 0 Å². The summed E-state index contributed by atoms with van der Waals surface area (Å²) in [5, 5.41) is 21.3. The molecule has 0 heterocycles. The van der Waals surface area contributed by atoms with Gasteiger partial charge in [-0.05, 0) is 111 Å². The highest BCUT2D eigenvalue weighted by Gasteiger charge is 2.17. The van der Waals surface area contributed by atoms with Crippen molar-refractivity contribution in [2.75, 3.05) is 0 Å². The van der Waals surface area contributed by atoms with Crippen LogP contribution in [0.4, 0.5) is 0 Å². The Morgan fingerprint density at radius 3 is 1.14 bits per heavy atom. The minimum Gasteiger partial charge on any atom is -0.0616 e. The van der Waals surface area contributed by atoms with Gasteiger partial charge in [0.15, 0.2) is 0 Å². The van der Waals surface area contributed by atoms with Crippen LogP contribution in [0.3, 0.4) is 0 Å². The average Bonchev–Trinajstić information content (AvgIpc) is 2.95. The summed E-state index contributed by atoms with van der Waals surface area (Å²) < 4.78 is 0. The maximum absolute atomic E-state index is 2.48. The van der Waals surface area contributed by atoms with Crippen molar-refractivity contribution in [2.24, 2.45) is 0 Å². The molecular weight excluding hydrogens is 444 g/mol. The lowest BCUT2D eigenvalue weighted by Crippen LogP contribution is -1.90. The first-order valence-corrected chi connectivity index (χ1v) is 13.0. The lowest BCUT2D eigenvalue weighted by molar-refractivity contribution is 1.61. The van der Waals surface area contributed by atoms with Crippen molar-refractivity contribution in [3.8, 4) is 0 Å². The molecule has 37 heavy (non-hydrogen) atoms. The van der Waals surface area contributed by atoms with E-state index in [2.05, 4.69) is 122 Å². The lowest BCUT2D eigenvalue weighted by Gasteiger charge is -2.18. The molecule has 0 aliphatic rings. The molecule has 0 N–H and O–H groups in total. The third-order valence-electron chi connectivity index (χ3n) is 8.75. The summed E-state index contributed by atoms with van der Waals surface area (Å²) >= 11 is 0. The second-order valence-corrected chi connectivity index (χ2v) is 10.5. The molecule has 0 aromatic heterocycles. The van der Waals surface area contributed by atoms with E-state index >= 15 is 0 Å². The molecule has 0 saturated carbocycles. The fourth-order valence-electron chi connectivity index (χ4n) is 7.19. The molecule has 0 spiro atoms. The number of rotatable bonds is 0. The van der Waals surface area contributed by atoms with E-state index in [1.165, 1.54) is 91.7 Å². The van der Waals surface area contributed by atoms with Crippen LogP contribution in [0.25, 0.3) is 86.2 Å². The molecule has 0 radical (unpaired) electrons. The molecular formula is C37H22. The van der Waals surface area contributed by atoms with Crippen LogP contribution in [-0.2, 0) is 0 Å².